The highest BCUT2D eigenvalue weighted by Gasteiger charge is 2.06. The van der Waals surface area contributed by atoms with Crippen LogP contribution >= 0.6 is 0 Å². The van der Waals surface area contributed by atoms with Crippen LogP contribution in [0, 0.1) is 11.5 Å². The quantitative estimate of drug-likeness (QED) is 0.431. The summed E-state index contributed by atoms with van der Waals surface area (Å²) in [4.78, 5) is 0. The maximum Gasteiger partial charge on any atom is 0.129 e. The van der Waals surface area contributed by atoms with Crippen LogP contribution in [0.4, 0.5) is 0 Å². The molecule has 15 heavy (non-hydrogen) atoms. The third-order valence-electron chi connectivity index (χ3n) is 1.95. The molecule has 0 amide bonds. The Morgan fingerprint density at radius 2 is 1.93 bits per heavy atom. The molecule has 1 N–H and O–H groups in total. The van der Waals surface area contributed by atoms with Gasteiger partial charge in [0.2, 0.25) is 0 Å². The van der Waals surface area contributed by atoms with Gasteiger partial charge in [0.25, 0.3) is 0 Å². The molecule has 0 saturated heterocycles. The maximum absolute atomic E-state index is 9.56. The van der Waals surface area contributed by atoms with E-state index in [4.69, 9.17) is 0 Å². The molecule has 0 aliphatic carbocycles. The number of hydrogen-bond donors (Lipinski definition) is 1. The summed E-state index contributed by atoms with van der Waals surface area (Å²) < 4.78 is 0. The molecule has 0 bridgehead atoms. The Morgan fingerprint density at radius 1 is 1.27 bits per heavy atom. The van der Waals surface area contributed by atoms with Crippen LogP contribution in [0.3, 0.4) is 0 Å². The maximum atomic E-state index is 9.56. The van der Waals surface area contributed by atoms with Gasteiger partial charge >= 0.3 is 0 Å². The highest BCUT2D eigenvalue weighted by Crippen LogP contribution is 2.04. The molecule has 0 aliphatic heterocycles. The topological polar surface area (TPSA) is 20.2 Å². The van der Waals surface area contributed by atoms with Crippen molar-refractivity contribution in [3.63, 3.8) is 0 Å². The summed E-state index contributed by atoms with van der Waals surface area (Å²) in [6, 6.07) is 0. The molecule has 0 aliphatic rings. The van der Waals surface area contributed by atoms with E-state index in [2.05, 4.69) is 38.0 Å². The summed E-state index contributed by atoms with van der Waals surface area (Å²) >= 11 is 0. The predicted molar refractivity (Wildman–Crippen MR) is 70.4 cm³/mol. The average molecular weight is 224 g/mol. The molecule has 0 fully saturated rings. The molecule has 0 spiro atoms. The van der Waals surface area contributed by atoms with Crippen LogP contribution < -0.4 is 0 Å². The van der Waals surface area contributed by atoms with Gasteiger partial charge in [0.1, 0.15) is 8.07 Å². The second kappa shape index (κ2) is 7.73. The molecule has 0 radical (unpaired) electrons. The van der Waals surface area contributed by atoms with Gasteiger partial charge in [0.15, 0.2) is 0 Å². The second-order valence-corrected chi connectivity index (χ2v) is 9.69. The monoisotopic (exact) mass is 224 g/mol. The highest BCUT2D eigenvalue weighted by molar-refractivity contribution is 6.83. The van der Waals surface area contributed by atoms with Crippen LogP contribution in [0.1, 0.15) is 32.6 Å². The Labute approximate surface area is 95.6 Å². The zero-order chi connectivity index (χ0) is 11.7. The van der Waals surface area contributed by atoms with Crippen LogP contribution in [0.5, 0.6) is 0 Å². The van der Waals surface area contributed by atoms with Gasteiger partial charge in [0.05, 0.1) is 6.10 Å². The molecule has 86 valence electrons. The van der Waals surface area contributed by atoms with E-state index in [0.29, 0.717) is 0 Å². The van der Waals surface area contributed by atoms with Gasteiger partial charge in [0, 0.05) is 0 Å². The normalized spacial score (nSPS) is 13.7. The van der Waals surface area contributed by atoms with Gasteiger partial charge in [-0.1, -0.05) is 51.7 Å². The van der Waals surface area contributed by atoms with E-state index < -0.39 is 8.07 Å². The van der Waals surface area contributed by atoms with Crippen LogP contribution in [0.2, 0.25) is 19.6 Å². The van der Waals surface area contributed by atoms with Crippen molar-refractivity contribution >= 4 is 8.07 Å². The van der Waals surface area contributed by atoms with E-state index in [1.165, 1.54) is 12.8 Å². The van der Waals surface area contributed by atoms with Gasteiger partial charge in [-0.3, -0.25) is 0 Å². The van der Waals surface area contributed by atoms with Crippen LogP contribution in [-0.2, 0) is 0 Å². The standard InChI is InChI=1S/C13H24OSi/c1-5-6-7-10-13(14)11-8-9-12-15(2,3)4/h8,11,13-14H,5-7,10H2,1-4H3/b11-8-/t13-/m1/s1. The summed E-state index contributed by atoms with van der Waals surface area (Å²) in [6.07, 6.45) is 7.66. The smallest absolute Gasteiger partial charge is 0.129 e. The molecular weight excluding hydrogens is 200 g/mol. The number of hydrogen-bond acceptors (Lipinski definition) is 1. The highest BCUT2D eigenvalue weighted by atomic mass is 28.3. The average Bonchev–Trinajstić information content (AvgIpc) is 2.11. The van der Waals surface area contributed by atoms with Crippen molar-refractivity contribution in [3.8, 4) is 11.5 Å². The molecule has 0 heterocycles. The lowest BCUT2D eigenvalue weighted by atomic mass is 10.1. The largest absolute Gasteiger partial charge is 0.389 e. The minimum atomic E-state index is -1.25. The van der Waals surface area contributed by atoms with Gasteiger partial charge in [-0.25, -0.2) is 0 Å². The van der Waals surface area contributed by atoms with Crippen LogP contribution in [0.15, 0.2) is 12.2 Å². The fraction of sp³-hybridized carbons (Fsp3) is 0.692. The molecule has 0 aromatic carbocycles. The molecule has 2 heteroatoms. The van der Waals surface area contributed by atoms with Crippen LogP contribution in [-0.4, -0.2) is 19.3 Å². The lowest BCUT2D eigenvalue weighted by Gasteiger charge is -2.03. The minimum Gasteiger partial charge on any atom is -0.389 e. The molecular formula is C13H24OSi. The molecule has 0 rings (SSSR count). The van der Waals surface area contributed by atoms with Crippen molar-refractivity contribution in [2.24, 2.45) is 0 Å². The summed E-state index contributed by atoms with van der Waals surface area (Å²) in [5, 5.41) is 9.56. The summed E-state index contributed by atoms with van der Waals surface area (Å²) in [7, 11) is -1.25. The molecule has 0 aromatic rings. The first-order valence-electron chi connectivity index (χ1n) is 5.83. The third-order valence-corrected chi connectivity index (χ3v) is 2.85. The summed E-state index contributed by atoms with van der Waals surface area (Å²) in [5.74, 6) is 3.02. The fourth-order valence-corrected chi connectivity index (χ4v) is 1.63. The van der Waals surface area contributed by atoms with E-state index in [1.54, 1.807) is 6.08 Å². The summed E-state index contributed by atoms with van der Waals surface area (Å²) in [5.41, 5.74) is 3.24. The number of unbranched alkanes of at least 4 members (excludes halogenated alkanes) is 2. The van der Waals surface area contributed by atoms with Crippen molar-refractivity contribution in [2.75, 3.05) is 0 Å². The first-order valence-corrected chi connectivity index (χ1v) is 9.33. The van der Waals surface area contributed by atoms with E-state index >= 15 is 0 Å². The van der Waals surface area contributed by atoms with Crippen molar-refractivity contribution in [2.45, 2.75) is 58.4 Å². The predicted octanol–water partition coefficient (Wildman–Crippen LogP) is 3.36. The number of aliphatic hydroxyl groups excluding tert-OH is 1. The second-order valence-electron chi connectivity index (χ2n) is 4.94. The summed E-state index contributed by atoms with van der Waals surface area (Å²) in [6.45, 7) is 8.81. The van der Waals surface area contributed by atoms with Crippen LogP contribution in [0.25, 0.3) is 0 Å². The van der Waals surface area contributed by atoms with Gasteiger partial charge in [-0.15, -0.1) is 5.54 Å². The molecule has 0 aromatic heterocycles. The first kappa shape index (κ1) is 14.5. The first-order chi connectivity index (χ1) is 6.95. The number of aliphatic hydroxyl groups is 1. The van der Waals surface area contributed by atoms with Gasteiger partial charge < -0.3 is 5.11 Å². The van der Waals surface area contributed by atoms with E-state index in [1.807, 2.05) is 6.08 Å². The molecule has 0 saturated carbocycles. The van der Waals surface area contributed by atoms with Crippen molar-refractivity contribution in [1.82, 2.24) is 0 Å². The lowest BCUT2D eigenvalue weighted by Crippen LogP contribution is -2.16. The Hall–Kier alpha value is -0.523. The zero-order valence-corrected chi connectivity index (χ0v) is 11.5. The Balaban J connectivity index is 3.79. The van der Waals surface area contributed by atoms with E-state index in [0.717, 1.165) is 12.8 Å². The van der Waals surface area contributed by atoms with E-state index in [-0.39, 0.29) is 6.10 Å². The minimum absolute atomic E-state index is 0.313. The lowest BCUT2D eigenvalue weighted by molar-refractivity contribution is 0.208. The van der Waals surface area contributed by atoms with Crippen molar-refractivity contribution in [3.05, 3.63) is 12.2 Å². The SMILES string of the molecule is CCCCC[C@@H](O)/C=C\C#C[Si](C)(C)C. The molecule has 1 atom stereocenters. The van der Waals surface area contributed by atoms with Gasteiger partial charge in [-0.05, 0) is 18.6 Å². The van der Waals surface area contributed by atoms with Gasteiger partial charge in [-0.2, -0.15) is 0 Å². The number of rotatable bonds is 5. The van der Waals surface area contributed by atoms with Crippen molar-refractivity contribution in [1.29, 1.82) is 0 Å². The zero-order valence-electron chi connectivity index (χ0n) is 10.5. The number of allylic oxidation sites excluding steroid dienone is 1. The fourth-order valence-electron chi connectivity index (χ4n) is 1.12. The molecule has 1 nitrogen and oxygen atoms in total. The third kappa shape index (κ3) is 11.4. The Morgan fingerprint density at radius 3 is 2.47 bits per heavy atom. The Bertz CT molecular complexity index is 239. The van der Waals surface area contributed by atoms with E-state index in [9.17, 15) is 5.11 Å². The Kier molecular flexibility index (Phi) is 7.46. The van der Waals surface area contributed by atoms with Crippen molar-refractivity contribution < 1.29 is 5.11 Å². The molecule has 0 unspecified atom stereocenters.